The molecule has 0 aliphatic rings. The number of unbranched alkanes of at least 4 members (excludes halogenated alkanes) is 1. The third-order valence-electron chi connectivity index (χ3n) is 0.637. The maximum absolute atomic E-state index is 3.01. The van der Waals surface area contributed by atoms with E-state index in [1.807, 2.05) is 7.05 Å². The van der Waals surface area contributed by atoms with Crippen LogP contribution in [0.5, 0.6) is 0 Å². The number of hydrogen-bond donors (Lipinski definition) is 1. The van der Waals surface area contributed by atoms with Gasteiger partial charge < -0.3 is 5.32 Å². The summed E-state index contributed by atoms with van der Waals surface area (Å²) in [5, 5.41) is 3.01. The summed E-state index contributed by atoms with van der Waals surface area (Å²) in [7, 11) is 1.95. The highest BCUT2D eigenvalue weighted by Gasteiger charge is 1.74. The molecule has 0 aliphatic carbocycles. The van der Waals surface area contributed by atoms with Gasteiger partial charge in [0.15, 0.2) is 0 Å². The van der Waals surface area contributed by atoms with Crippen molar-refractivity contribution in [2.45, 2.75) is 13.3 Å². The molecule has 0 aromatic rings. The van der Waals surface area contributed by atoms with E-state index >= 15 is 0 Å². The summed E-state index contributed by atoms with van der Waals surface area (Å²) in [5.74, 6) is 0. The van der Waals surface area contributed by atoms with Gasteiger partial charge in [0.05, 0.1) is 0 Å². The lowest BCUT2D eigenvalue weighted by Crippen LogP contribution is -2.06. The zero-order valence-corrected chi connectivity index (χ0v) is 4.49. The predicted molar refractivity (Wildman–Crippen MR) is 28.5 cm³/mol. The number of hydrogen-bond acceptors (Lipinski definition) is 1. The second kappa shape index (κ2) is 4.96. The van der Waals surface area contributed by atoms with Crippen LogP contribution < -0.4 is 5.32 Å². The summed E-state index contributed by atoms with van der Waals surface area (Å²) in [5.41, 5.74) is 0. The average molecular weight is 86.2 g/mol. The van der Waals surface area contributed by atoms with Gasteiger partial charge >= 0.3 is 0 Å². The average Bonchev–Trinajstić information content (AvgIpc) is 1.61. The Kier molecular flexibility index (Phi) is 4.93. The van der Waals surface area contributed by atoms with Crippen molar-refractivity contribution in [1.82, 2.24) is 5.32 Å². The lowest BCUT2D eigenvalue weighted by molar-refractivity contribution is 0.839. The van der Waals surface area contributed by atoms with E-state index in [0.29, 0.717) is 0 Å². The molecule has 37 valence electrons. The molecule has 0 heterocycles. The van der Waals surface area contributed by atoms with E-state index in [0.717, 1.165) is 6.54 Å². The van der Waals surface area contributed by atoms with Crippen molar-refractivity contribution < 1.29 is 0 Å². The molecule has 0 unspecified atom stereocenters. The first-order chi connectivity index (χ1) is 2.91. The molecule has 0 atom stereocenters. The summed E-state index contributed by atoms with van der Waals surface area (Å²) in [6.07, 6.45) is 3.36. The van der Waals surface area contributed by atoms with Crippen LogP contribution >= 0.6 is 0 Å². The van der Waals surface area contributed by atoms with Crippen molar-refractivity contribution in [1.29, 1.82) is 0 Å². The first kappa shape index (κ1) is 5.96. The molecule has 0 bridgehead atoms. The van der Waals surface area contributed by atoms with Gasteiger partial charge in [-0.3, -0.25) is 0 Å². The number of nitrogens with one attached hydrogen (secondary N) is 1. The van der Waals surface area contributed by atoms with Crippen LogP contribution in [0.15, 0.2) is 0 Å². The molecule has 0 aliphatic heterocycles. The van der Waals surface area contributed by atoms with Gasteiger partial charge in [0.2, 0.25) is 0 Å². The molecular formula is C5H12N. The fourth-order valence-electron chi connectivity index (χ4n) is 0.289. The summed E-state index contributed by atoms with van der Waals surface area (Å²) < 4.78 is 0. The molecule has 1 heteroatoms. The highest BCUT2D eigenvalue weighted by molar-refractivity contribution is 4.61. The normalized spacial score (nSPS) is 9.00. The topological polar surface area (TPSA) is 12.0 Å². The van der Waals surface area contributed by atoms with Crippen LogP contribution in [-0.4, -0.2) is 13.6 Å². The van der Waals surface area contributed by atoms with E-state index in [1.54, 1.807) is 0 Å². The largest absolute Gasteiger partial charge is 0.319 e. The maximum Gasteiger partial charge on any atom is -0.00205 e. The smallest absolute Gasteiger partial charge is 0.00205 e. The van der Waals surface area contributed by atoms with E-state index in [-0.39, 0.29) is 0 Å². The van der Waals surface area contributed by atoms with E-state index < -0.39 is 0 Å². The second-order valence-corrected chi connectivity index (χ2v) is 1.25. The quantitative estimate of drug-likeness (QED) is 0.501. The monoisotopic (exact) mass is 86.1 g/mol. The minimum absolute atomic E-state index is 1.04. The maximum atomic E-state index is 3.01. The van der Waals surface area contributed by atoms with Gasteiger partial charge in [-0.1, -0.05) is 13.3 Å². The molecule has 6 heavy (non-hydrogen) atoms. The Morgan fingerprint density at radius 3 is 2.50 bits per heavy atom. The lowest BCUT2D eigenvalue weighted by atomic mass is 10.3. The van der Waals surface area contributed by atoms with Crippen molar-refractivity contribution >= 4 is 0 Å². The van der Waals surface area contributed by atoms with Crippen LogP contribution in [0.4, 0.5) is 0 Å². The van der Waals surface area contributed by atoms with Crippen molar-refractivity contribution in [3.63, 3.8) is 0 Å². The molecule has 0 aromatic heterocycles. The molecule has 0 fully saturated rings. The predicted octanol–water partition coefficient (Wildman–Crippen LogP) is 0.820. The third-order valence-corrected chi connectivity index (χ3v) is 0.637. The van der Waals surface area contributed by atoms with Crippen molar-refractivity contribution in [2.75, 3.05) is 13.6 Å². The van der Waals surface area contributed by atoms with Gasteiger partial charge in [0.1, 0.15) is 0 Å². The molecule has 0 aromatic carbocycles. The van der Waals surface area contributed by atoms with E-state index in [4.69, 9.17) is 0 Å². The van der Waals surface area contributed by atoms with Gasteiger partial charge in [-0.2, -0.15) is 0 Å². The SMILES string of the molecule is CC[CH]CNC. The van der Waals surface area contributed by atoms with Crippen molar-refractivity contribution in [3.05, 3.63) is 6.42 Å². The zero-order chi connectivity index (χ0) is 4.83. The van der Waals surface area contributed by atoms with Crippen LogP contribution in [0.2, 0.25) is 0 Å². The van der Waals surface area contributed by atoms with E-state index in [9.17, 15) is 0 Å². The standard InChI is InChI=1S/C5H12N/c1-3-4-5-6-2/h4,6H,3,5H2,1-2H3. The van der Waals surface area contributed by atoms with Gasteiger partial charge in [-0.05, 0) is 20.0 Å². The second-order valence-electron chi connectivity index (χ2n) is 1.25. The molecule has 1 N–H and O–H groups in total. The summed E-state index contributed by atoms with van der Waals surface area (Å²) in [6.45, 7) is 3.17. The Morgan fingerprint density at radius 2 is 2.33 bits per heavy atom. The van der Waals surface area contributed by atoms with Gasteiger partial charge in [0.25, 0.3) is 0 Å². The Morgan fingerprint density at radius 1 is 1.67 bits per heavy atom. The van der Waals surface area contributed by atoms with Gasteiger partial charge in [-0.15, -0.1) is 0 Å². The van der Waals surface area contributed by atoms with Crippen molar-refractivity contribution in [3.8, 4) is 0 Å². The fraction of sp³-hybridized carbons (Fsp3) is 0.800. The molecule has 0 saturated carbocycles. The van der Waals surface area contributed by atoms with Crippen LogP contribution in [0.1, 0.15) is 13.3 Å². The highest BCUT2D eigenvalue weighted by Crippen LogP contribution is 1.77. The molecule has 0 amide bonds. The van der Waals surface area contributed by atoms with E-state index in [1.165, 1.54) is 6.42 Å². The minimum atomic E-state index is 1.04. The third kappa shape index (κ3) is 3.96. The van der Waals surface area contributed by atoms with Gasteiger partial charge in [-0.25, -0.2) is 0 Å². The first-order valence-corrected chi connectivity index (χ1v) is 2.38. The Balaban J connectivity index is 2.34. The minimum Gasteiger partial charge on any atom is -0.319 e. The zero-order valence-electron chi connectivity index (χ0n) is 4.49. The molecular weight excluding hydrogens is 74.1 g/mol. The van der Waals surface area contributed by atoms with E-state index in [2.05, 4.69) is 18.7 Å². The summed E-state index contributed by atoms with van der Waals surface area (Å²) >= 11 is 0. The highest BCUT2D eigenvalue weighted by atomic mass is 14.8. The Hall–Kier alpha value is -0.0400. The molecule has 1 radical (unpaired) electrons. The summed E-state index contributed by atoms with van der Waals surface area (Å²) in [4.78, 5) is 0. The fourth-order valence-corrected chi connectivity index (χ4v) is 0.289. The van der Waals surface area contributed by atoms with Crippen LogP contribution in [0, 0.1) is 6.42 Å². The number of rotatable bonds is 3. The molecule has 0 rings (SSSR count). The van der Waals surface area contributed by atoms with Crippen LogP contribution in [0.3, 0.4) is 0 Å². The first-order valence-electron chi connectivity index (χ1n) is 2.38. The molecule has 0 spiro atoms. The molecule has 1 nitrogen and oxygen atoms in total. The van der Waals surface area contributed by atoms with Crippen LogP contribution in [0.25, 0.3) is 0 Å². The Labute approximate surface area is 39.7 Å². The van der Waals surface area contributed by atoms with Gasteiger partial charge in [0, 0.05) is 0 Å². The molecule has 0 saturated heterocycles. The van der Waals surface area contributed by atoms with Crippen molar-refractivity contribution in [2.24, 2.45) is 0 Å². The lowest BCUT2D eigenvalue weighted by Gasteiger charge is -1.89. The van der Waals surface area contributed by atoms with Crippen LogP contribution in [-0.2, 0) is 0 Å². The summed E-state index contributed by atoms with van der Waals surface area (Å²) in [6, 6.07) is 0. The Bertz CT molecular complexity index is 15.9.